The molecule has 1 aromatic carbocycles. The highest BCUT2D eigenvalue weighted by Gasteiger charge is 2.06. The first-order valence-electron chi connectivity index (χ1n) is 9.70. The molecule has 5 heteroatoms. The molecule has 0 spiro atoms. The molecule has 1 aromatic heterocycles. The molecule has 0 saturated heterocycles. The van der Waals surface area contributed by atoms with E-state index in [0.29, 0.717) is 5.92 Å². The smallest absolute Gasteiger partial charge is 0.191 e. The highest BCUT2D eigenvalue weighted by molar-refractivity contribution is 5.79. The fraction of sp³-hybridized carbons (Fsp3) is 0.455. The van der Waals surface area contributed by atoms with Crippen molar-refractivity contribution in [2.45, 2.75) is 39.5 Å². The number of benzene rings is 1. The van der Waals surface area contributed by atoms with Crippen LogP contribution in [0.15, 0.2) is 47.6 Å². The molecule has 0 bridgehead atoms. The molecular weight excluding hydrogens is 336 g/mol. The van der Waals surface area contributed by atoms with Gasteiger partial charge in [-0.3, -0.25) is 9.98 Å². The summed E-state index contributed by atoms with van der Waals surface area (Å²) in [5.74, 6) is 2.23. The fourth-order valence-corrected chi connectivity index (χ4v) is 2.78. The second kappa shape index (κ2) is 11.2. The highest BCUT2D eigenvalue weighted by atomic mass is 16.5. The summed E-state index contributed by atoms with van der Waals surface area (Å²) in [6.07, 6.45) is 3.88. The monoisotopic (exact) mass is 368 g/mol. The van der Waals surface area contributed by atoms with E-state index in [4.69, 9.17) is 9.73 Å². The van der Waals surface area contributed by atoms with Crippen LogP contribution in [0.25, 0.3) is 0 Å². The third-order valence-electron chi connectivity index (χ3n) is 4.54. The number of hydrogen-bond donors (Lipinski definition) is 2. The molecule has 0 aliphatic rings. The van der Waals surface area contributed by atoms with Gasteiger partial charge in [-0.2, -0.15) is 0 Å². The molecule has 0 amide bonds. The summed E-state index contributed by atoms with van der Waals surface area (Å²) in [6, 6.07) is 12.5. The van der Waals surface area contributed by atoms with Crippen LogP contribution in [0.3, 0.4) is 0 Å². The average molecular weight is 369 g/mol. The Morgan fingerprint density at radius 1 is 1.15 bits per heavy atom. The number of nitrogens with zero attached hydrogens (tertiary/aromatic N) is 2. The van der Waals surface area contributed by atoms with Crippen LogP contribution < -0.4 is 15.4 Å². The zero-order chi connectivity index (χ0) is 19.5. The summed E-state index contributed by atoms with van der Waals surface area (Å²) in [6.45, 7) is 8.80. The molecule has 1 unspecified atom stereocenters. The van der Waals surface area contributed by atoms with Crippen LogP contribution in [0.4, 0.5) is 0 Å². The number of hydrogen-bond acceptors (Lipinski definition) is 3. The van der Waals surface area contributed by atoms with E-state index in [1.54, 1.807) is 7.11 Å². The van der Waals surface area contributed by atoms with Gasteiger partial charge in [-0.15, -0.1) is 0 Å². The minimum absolute atomic E-state index is 0.459. The van der Waals surface area contributed by atoms with Gasteiger partial charge in [-0.25, -0.2) is 0 Å². The number of methoxy groups -OCH3 is 1. The summed E-state index contributed by atoms with van der Waals surface area (Å²) < 4.78 is 5.22. The van der Waals surface area contributed by atoms with Gasteiger partial charge >= 0.3 is 0 Å². The zero-order valence-electron chi connectivity index (χ0n) is 17.0. The van der Waals surface area contributed by atoms with Crippen LogP contribution in [-0.2, 0) is 6.42 Å². The van der Waals surface area contributed by atoms with Crippen molar-refractivity contribution in [3.05, 3.63) is 59.4 Å². The third kappa shape index (κ3) is 7.29. The fourth-order valence-electron chi connectivity index (χ4n) is 2.78. The lowest BCUT2D eigenvalue weighted by molar-refractivity contribution is 0.414. The van der Waals surface area contributed by atoms with E-state index in [-0.39, 0.29) is 0 Å². The lowest BCUT2D eigenvalue weighted by Crippen LogP contribution is -2.38. The lowest BCUT2D eigenvalue weighted by atomic mass is 9.98. The maximum Gasteiger partial charge on any atom is 0.191 e. The number of pyridine rings is 1. The van der Waals surface area contributed by atoms with Gasteiger partial charge < -0.3 is 15.4 Å². The Morgan fingerprint density at radius 3 is 2.56 bits per heavy atom. The Morgan fingerprint density at radius 2 is 1.93 bits per heavy atom. The standard InChI is InChI=1S/C22H32N4O/c1-5-23-22(25-15-13-19-7-6-18(3)26-16-19)24-14-12-17(2)20-8-10-21(27-4)11-9-20/h6-11,16-17H,5,12-15H2,1-4H3,(H2,23,24,25). The summed E-state index contributed by atoms with van der Waals surface area (Å²) in [4.78, 5) is 9.05. The zero-order valence-corrected chi connectivity index (χ0v) is 17.0. The number of aryl methyl sites for hydroxylation is 1. The Labute approximate surface area is 163 Å². The van der Waals surface area contributed by atoms with Crippen molar-refractivity contribution in [3.63, 3.8) is 0 Å². The second-order valence-electron chi connectivity index (χ2n) is 6.71. The molecule has 27 heavy (non-hydrogen) atoms. The van der Waals surface area contributed by atoms with E-state index in [1.165, 1.54) is 11.1 Å². The van der Waals surface area contributed by atoms with E-state index in [1.807, 2.05) is 25.3 Å². The van der Waals surface area contributed by atoms with Crippen molar-refractivity contribution >= 4 is 5.96 Å². The molecule has 1 atom stereocenters. The van der Waals surface area contributed by atoms with Crippen molar-refractivity contribution < 1.29 is 4.74 Å². The number of aromatic nitrogens is 1. The quantitative estimate of drug-likeness (QED) is 0.523. The Kier molecular flexibility index (Phi) is 8.62. The van der Waals surface area contributed by atoms with Gasteiger partial charge in [-0.1, -0.05) is 25.1 Å². The molecule has 2 aromatic rings. The molecule has 2 N–H and O–H groups in total. The van der Waals surface area contributed by atoms with Crippen molar-refractivity contribution in [2.24, 2.45) is 4.99 Å². The molecule has 0 aliphatic heterocycles. The van der Waals surface area contributed by atoms with Crippen LogP contribution in [0.5, 0.6) is 5.75 Å². The summed E-state index contributed by atoms with van der Waals surface area (Å²) in [7, 11) is 1.69. The van der Waals surface area contributed by atoms with E-state index in [9.17, 15) is 0 Å². The van der Waals surface area contributed by atoms with Crippen LogP contribution in [0.2, 0.25) is 0 Å². The predicted molar refractivity (Wildman–Crippen MR) is 113 cm³/mol. The number of nitrogens with one attached hydrogen (secondary N) is 2. The van der Waals surface area contributed by atoms with Crippen LogP contribution >= 0.6 is 0 Å². The van der Waals surface area contributed by atoms with Crippen LogP contribution in [0.1, 0.15) is 43.0 Å². The Balaban J connectivity index is 1.80. The Hall–Kier alpha value is -2.56. The molecule has 5 nitrogen and oxygen atoms in total. The largest absolute Gasteiger partial charge is 0.497 e. The maximum absolute atomic E-state index is 5.22. The summed E-state index contributed by atoms with van der Waals surface area (Å²) >= 11 is 0. The first-order valence-corrected chi connectivity index (χ1v) is 9.70. The van der Waals surface area contributed by atoms with Gasteiger partial charge in [0.15, 0.2) is 5.96 Å². The van der Waals surface area contributed by atoms with Crippen molar-refractivity contribution in [1.29, 1.82) is 0 Å². The molecular formula is C22H32N4O. The van der Waals surface area contributed by atoms with E-state index < -0.39 is 0 Å². The predicted octanol–water partition coefficient (Wildman–Crippen LogP) is 3.69. The van der Waals surface area contributed by atoms with E-state index >= 15 is 0 Å². The van der Waals surface area contributed by atoms with Crippen molar-refractivity contribution in [3.8, 4) is 5.75 Å². The number of ether oxygens (including phenoxy) is 1. The molecule has 146 valence electrons. The van der Waals surface area contributed by atoms with Gasteiger partial charge in [0, 0.05) is 31.5 Å². The van der Waals surface area contributed by atoms with Crippen molar-refractivity contribution in [1.82, 2.24) is 15.6 Å². The van der Waals surface area contributed by atoms with Gasteiger partial charge in [0.05, 0.1) is 7.11 Å². The minimum Gasteiger partial charge on any atom is -0.497 e. The molecule has 1 heterocycles. The van der Waals surface area contributed by atoms with Gasteiger partial charge in [0.2, 0.25) is 0 Å². The highest BCUT2D eigenvalue weighted by Crippen LogP contribution is 2.21. The van der Waals surface area contributed by atoms with Gasteiger partial charge in [0.25, 0.3) is 0 Å². The average Bonchev–Trinajstić information content (AvgIpc) is 2.69. The first-order chi connectivity index (χ1) is 13.1. The molecule has 0 radical (unpaired) electrons. The summed E-state index contributed by atoms with van der Waals surface area (Å²) in [5.41, 5.74) is 3.60. The second-order valence-corrected chi connectivity index (χ2v) is 6.71. The van der Waals surface area contributed by atoms with Crippen molar-refractivity contribution in [2.75, 3.05) is 26.7 Å². The van der Waals surface area contributed by atoms with Crippen LogP contribution in [-0.4, -0.2) is 37.7 Å². The molecule has 0 fully saturated rings. The maximum atomic E-state index is 5.22. The number of guanidine groups is 1. The van der Waals surface area contributed by atoms with Crippen LogP contribution in [0, 0.1) is 6.92 Å². The van der Waals surface area contributed by atoms with Gasteiger partial charge in [-0.05, 0) is 61.9 Å². The molecule has 0 aliphatic carbocycles. The molecule has 2 rings (SSSR count). The van der Waals surface area contributed by atoms with E-state index in [2.05, 4.69) is 53.7 Å². The lowest BCUT2D eigenvalue weighted by Gasteiger charge is -2.13. The molecule has 0 saturated carbocycles. The Bertz CT molecular complexity index is 695. The third-order valence-corrected chi connectivity index (χ3v) is 4.54. The van der Waals surface area contributed by atoms with E-state index in [0.717, 1.165) is 49.9 Å². The topological polar surface area (TPSA) is 58.5 Å². The SMILES string of the molecule is CCNC(=NCCC(C)c1ccc(OC)cc1)NCCc1ccc(C)nc1. The van der Waals surface area contributed by atoms with Gasteiger partial charge in [0.1, 0.15) is 5.75 Å². The number of aliphatic imine (C=N–C) groups is 1. The normalized spacial score (nSPS) is 12.5. The minimum atomic E-state index is 0.459. The summed E-state index contributed by atoms with van der Waals surface area (Å²) in [5, 5.41) is 6.72. The first kappa shape index (κ1) is 20.7. The number of rotatable bonds is 9.